The van der Waals surface area contributed by atoms with Gasteiger partial charge in [-0.3, -0.25) is 14.9 Å². The first kappa shape index (κ1) is 14.8. The van der Waals surface area contributed by atoms with E-state index < -0.39 is 10.8 Å². The van der Waals surface area contributed by atoms with Crippen molar-refractivity contribution in [1.29, 1.82) is 0 Å². The third-order valence-corrected chi connectivity index (χ3v) is 2.91. The smallest absolute Gasteiger partial charge is 0.271 e. The molecule has 21 heavy (non-hydrogen) atoms. The Kier molecular flexibility index (Phi) is 4.39. The summed E-state index contributed by atoms with van der Waals surface area (Å²) in [4.78, 5) is 21.9. The van der Waals surface area contributed by atoms with Crippen LogP contribution in [0.3, 0.4) is 0 Å². The van der Waals surface area contributed by atoms with Crippen LogP contribution < -0.4 is 5.32 Å². The molecule has 2 rings (SSSR count). The van der Waals surface area contributed by atoms with Crippen LogP contribution in [0.2, 0.25) is 5.02 Å². The van der Waals surface area contributed by atoms with Crippen molar-refractivity contribution in [3.05, 3.63) is 63.1 Å². The maximum Gasteiger partial charge on any atom is 0.271 e. The molecule has 0 aliphatic rings. The van der Waals surface area contributed by atoms with E-state index in [1.807, 2.05) is 0 Å². The Bertz CT molecular complexity index is 722. The minimum absolute atomic E-state index is 0.152. The highest BCUT2D eigenvalue weighted by molar-refractivity contribution is 6.34. The van der Waals surface area contributed by atoms with Gasteiger partial charge in [0.25, 0.3) is 5.69 Å². The number of anilines is 1. The number of nitrogens with zero attached hydrogens (tertiary/aromatic N) is 1. The van der Waals surface area contributed by atoms with E-state index >= 15 is 0 Å². The summed E-state index contributed by atoms with van der Waals surface area (Å²) in [5, 5.41) is 13.4. The summed E-state index contributed by atoms with van der Waals surface area (Å²) in [6, 6.07) is 7.31. The Hall–Kier alpha value is -2.60. The second-order valence-electron chi connectivity index (χ2n) is 4.19. The molecule has 0 saturated carbocycles. The number of aryl methyl sites for hydroxylation is 1. The highest BCUT2D eigenvalue weighted by Gasteiger charge is 2.11. The van der Waals surface area contributed by atoms with Gasteiger partial charge in [0.15, 0.2) is 0 Å². The number of rotatable bonds is 4. The van der Waals surface area contributed by atoms with Gasteiger partial charge in [0.1, 0.15) is 11.5 Å². The van der Waals surface area contributed by atoms with Gasteiger partial charge < -0.3 is 9.73 Å². The summed E-state index contributed by atoms with van der Waals surface area (Å²) in [6.07, 6.45) is 2.75. The lowest BCUT2D eigenvalue weighted by atomic mass is 10.2. The molecule has 0 bridgehead atoms. The quantitative estimate of drug-likeness (QED) is 0.529. The number of hydrogen-bond donors (Lipinski definition) is 1. The van der Waals surface area contributed by atoms with E-state index in [0.29, 0.717) is 5.76 Å². The van der Waals surface area contributed by atoms with Crippen LogP contribution in [0.1, 0.15) is 11.5 Å². The van der Waals surface area contributed by atoms with Crippen LogP contribution in [0.4, 0.5) is 11.4 Å². The van der Waals surface area contributed by atoms with E-state index in [0.717, 1.165) is 5.76 Å². The van der Waals surface area contributed by atoms with Gasteiger partial charge in [-0.05, 0) is 31.2 Å². The molecule has 0 unspecified atom stereocenters. The van der Waals surface area contributed by atoms with E-state index in [2.05, 4.69) is 5.32 Å². The SMILES string of the molecule is Cc1ccc(/C=C/C(=O)Nc2cc([N+](=O)[O-])ccc2Cl)o1. The highest BCUT2D eigenvalue weighted by Crippen LogP contribution is 2.26. The van der Waals surface area contributed by atoms with Crippen molar-refractivity contribution < 1.29 is 14.1 Å². The van der Waals surface area contributed by atoms with Crippen LogP contribution in [-0.4, -0.2) is 10.8 Å². The van der Waals surface area contributed by atoms with Crippen LogP contribution in [0.5, 0.6) is 0 Å². The first-order valence-corrected chi connectivity index (χ1v) is 6.33. The molecule has 1 aromatic carbocycles. The van der Waals surface area contributed by atoms with Crippen LogP contribution in [-0.2, 0) is 4.79 Å². The molecule has 1 aromatic heterocycles. The normalized spacial score (nSPS) is 10.8. The van der Waals surface area contributed by atoms with E-state index in [1.54, 1.807) is 19.1 Å². The molecule has 0 atom stereocenters. The Labute approximate surface area is 125 Å². The van der Waals surface area contributed by atoms with E-state index in [1.165, 1.54) is 30.4 Å². The molecule has 6 nitrogen and oxygen atoms in total. The summed E-state index contributed by atoms with van der Waals surface area (Å²) in [5.41, 5.74) is 0.0245. The van der Waals surface area contributed by atoms with Gasteiger partial charge in [-0.1, -0.05) is 11.6 Å². The Morgan fingerprint density at radius 1 is 1.38 bits per heavy atom. The molecular formula is C14H11ClN2O4. The molecule has 0 aliphatic heterocycles. The molecular weight excluding hydrogens is 296 g/mol. The van der Waals surface area contributed by atoms with Crippen molar-refractivity contribution in [2.24, 2.45) is 0 Å². The minimum atomic E-state index is -0.562. The number of hydrogen-bond acceptors (Lipinski definition) is 4. The monoisotopic (exact) mass is 306 g/mol. The average molecular weight is 307 g/mol. The number of nitrogens with one attached hydrogen (secondary N) is 1. The molecule has 1 N–H and O–H groups in total. The van der Waals surface area contributed by atoms with Gasteiger partial charge in [0.05, 0.1) is 15.6 Å². The van der Waals surface area contributed by atoms with Crippen LogP contribution in [0.15, 0.2) is 40.8 Å². The molecule has 2 aromatic rings. The van der Waals surface area contributed by atoms with Gasteiger partial charge in [0.2, 0.25) is 5.91 Å². The Morgan fingerprint density at radius 2 is 2.14 bits per heavy atom. The van der Waals surface area contributed by atoms with E-state index in [9.17, 15) is 14.9 Å². The van der Waals surface area contributed by atoms with Crippen molar-refractivity contribution in [2.75, 3.05) is 5.32 Å². The molecule has 1 heterocycles. The summed E-state index contributed by atoms with van der Waals surface area (Å²) in [6.45, 7) is 1.79. The number of nitro benzene ring substituents is 1. The second-order valence-corrected chi connectivity index (χ2v) is 4.60. The summed E-state index contributed by atoms with van der Waals surface area (Å²) in [7, 11) is 0. The Morgan fingerprint density at radius 3 is 2.76 bits per heavy atom. The molecule has 108 valence electrons. The van der Waals surface area contributed by atoms with Gasteiger partial charge in [0, 0.05) is 18.2 Å². The van der Waals surface area contributed by atoms with Crippen molar-refractivity contribution in [1.82, 2.24) is 0 Å². The molecule has 0 saturated heterocycles. The minimum Gasteiger partial charge on any atom is -0.462 e. The van der Waals surface area contributed by atoms with E-state index in [-0.39, 0.29) is 16.4 Å². The van der Waals surface area contributed by atoms with Crippen LogP contribution >= 0.6 is 11.6 Å². The van der Waals surface area contributed by atoms with Crippen molar-refractivity contribution in [3.63, 3.8) is 0 Å². The number of non-ortho nitro benzene ring substituents is 1. The van der Waals surface area contributed by atoms with Crippen molar-refractivity contribution >= 4 is 35.0 Å². The molecule has 1 amide bonds. The number of benzene rings is 1. The first-order chi connectivity index (χ1) is 9.95. The lowest BCUT2D eigenvalue weighted by molar-refractivity contribution is -0.384. The van der Waals surface area contributed by atoms with E-state index in [4.69, 9.17) is 16.0 Å². The maximum atomic E-state index is 11.8. The maximum absolute atomic E-state index is 11.8. The zero-order valence-electron chi connectivity index (χ0n) is 11.0. The highest BCUT2D eigenvalue weighted by atomic mass is 35.5. The average Bonchev–Trinajstić information content (AvgIpc) is 2.84. The van der Waals surface area contributed by atoms with Gasteiger partial charge in [-0.2, -0.15) is 0 Å². The number of carbonyl (C=O) groups is 1. The Balaban J connectivity index is 2.10. The molecule has 0 fully saturated rings. The first-order valence-electron chi connectivity index (χ1n) is 5.95. The third kappa shape index (κ3) is 3.93. The fourth-order valence-corrected chi connectivity index (χ4v) is 1.76. The second kappa shape index (κ2) is 6.23. The number of amides is 1. The number of nitro groups is 1. The third-order valence-electron chi connectivity index (χ3n) is 2.58. The van der Waals surface area contributed by atoms with Crippen molar-refractivity contribution in [2.45, 2.75) is 6.92 Å². The summed E-state index contributed by atoms with van der Waals surface area (Å²) in [5.74, 6) is 0.802. The van der Waals surface area contributed by atoms with Gasteiger partial charge in [-0.15, -0.1) is 0 Å². The summed E-state index contributed by atoms with van der Waals surface area (Å²) >= 11 is 5.89. The fourth-order valence-electron chi connectivity index (χ4n) is 1.60. The predicted octanol–water partition coefficient (Wildman–Crippen LogP) is 3.80. The van der Waals surface area contributed by atoms with Crippen LogP contribution in [0, 0.1) is 17.0 Å². The molecule has 0 aliphatic carbocycles. The summed E-state index contributed by atoms with van der Waals surface area (Å²) < 4.78 is 5.28. The lowest BCUT2D eigenvalue weighted by Crippen LogP contribution is -2.08. The number of carbonyl (C=O) groups excluding carboxylic acids is 1. The zero-order valence-corrected chi connectivity index (χ0v) is 11.8. The largest absolute Gasteiger partial charge is 0.462 e. The van der Waals surface area contributed by atoms with Crippen LogP contribution in [0.25, 0.3) is 6.08 Å². The lowest BCUT2D eigenvalue weighted by Gasteiger charge is -2.04. The molecule has 0 radical (unpaired) electrons. The number of halogens is 1. The predicted molar refractivity (Wildman–Crippen MR) is 79.2 cm³/mol. The van der Waals surface area contributed by atoms with Gasteiger partial charge >= 0.3 is 0 Å². The zero-order chi connectivity index (χ0) is 15.4. The molecule has 0 spiro atoms. The molecule has 7 heteroatoms. The fraction of sp³-hybridized carbons (Fsp3) is 0.0714. The number of furan rings is 1. The van der Waals surface area contributed by atoms with Gasteiger partial charge in [-0.25, -0.2) is 0 Å². The standard InChI is InChI=1S/C14H11ClN2O4/c1-9-2-4-11(21-9)5-7-14(18)16-13-8-10(17(19)20)3-6-12(13)15/h2-8H,1H3,(H,16,18)/b7-5+. The topological polar surface area (TPSA) is 85.4 Å². The van der Waals surface area contributed by atoms with Crippen molar-refractivity contribution in [3.8, 4) is 0 Å².